The fraction of sp³-hybridized carbons (Fsp3) is 0.333. The van der Waals surface area contributed by atoms with E-state index in [-0.39, 0.29) is 0 Å². The first-order valence-electron chi connectivity index (χ1n) is 7.06. The molecule has 2 rings (SSSR count). The lowest BCUT2D eigenvalue weighted by Gasteiger charge is -2.17. The summed E-state index contributed by atoms with van der Waals surface area (Å²) in [4.78, 5) is 0. The summed E-state index contributed by atoms with van der Waals surface area (Å²) in [7, 11) is 1.70. The topological polar surface area (TPSA) is 9.23 Å². The molecule has 0 aliphatic carbocycles. The SMILES string of the molecule is COc1ccc(Cl)cc1CC(CBr)Cc1ccc(C)cc1. The average molecular weight is 368 g/mol. The Morgan fingerprint density at radius 3 is 2.43 bits per heavy atom. The van der Waals surface area contributed by atoms with Crippen LogP contribution in [-0.2, 0) is 12.8 Å². The fourth-order valence-electron chi connectivity index (χ4n) is 2.46. The molecule has 0 aliphatic heterocycles. The zero-order valence-corrected chi connectivity index (χ0v) is 14.7. The zero-order chi connectivity index (χ0) is 15.2. The summed E-state index contributed by atoms with van der Waals surface area (Å²) in [6, 6.07) is 14.6. The van der Waals surface area contributed by atoms with Crippen molar-refractivity contribution in [2.24, 2.45) is 5.92 Å². The number of ether oxygens (including phenoxy) is 1. The highest BCUT2D eigenvalue weighted by Gasteiger charge is 2.13. The zero-order valence-electron chi connectivity index (χ0n) is 12.4. The minimum Gasteiger partial charge on any atom is -0.496 e. The van der Waals surface area contributed by atoms with E-state index in [1.54, 1.807) is 7.11 Å². The van der Waals surface area contributed by atoms with Crippen molar-refractivity contribution in [2.75, 3.05) is 12.4 Å². The van der Waals surface area contributed by atoms with E-state index in [0.717, 1.165) is 28.9 Å². The number of aryl methyl sites for hydroxylation is 1. The summed E-state index contributed by atoms with van der Waals surface area (Å²) in [5, 5.41) is 1.71. The van der Waals surface area contributed by atoms with Crippen molar-refractivity contribution in [3.8, 4) is 5.75 Å². The lowest BCUT2D eigenvalue weighted by molar-refractivity contribution is 0.406. The van der Waals surface area contributed by atoms with E-state index in [9.17, 15) is 0 Å². The quantitative estimate of drug-likeness (QED) is 0.617. The second-order valence-corrected chi connectivity index (χ2v) is 6.45. The molecule has 0 saturated carbocycles. The normalized spacial score (nSPS) is 12.2. The van der Waals surface area contributed by atoms with E-state index in [4.69, 9.17) is 16.3 Å². The standard InChI is InChI=1S/C18H20BrClO/c1-13-3-5-14(6-4-13)9-15(12-19)10-16-11-17(20)7-8-18(16)21-2/h3-8,11,15H,9-10,12H2,1-2H3. The second kappa shape index (κ2) is 7.86. The van der Waals surface area contributed by atoms with Gasteiger partial charge >= 0.3 is 0 Å². The minimum absolute atomic E-state index is 0.514. The predicted molar refractivity (Wildman–Crippen MR) is 93.9 cm³/mol. The molecule has 0 aromatic heterocycles. The smallest absolute Gasteiger partial charge is 0.122 e. The first kappa shape index (κ1) is 16.4. The van der Waals surface area contributed by atoms with E-state index in [2.05, 4.69) is 47.1 Å². The number of hydrogen-bond donors (Lipinski definition) is 0. The van der Waals surface area contributed by atoms with Crippen molar-refractivity contribution in [3.63, 3.8) is 0 Å². The molecule has 0 aliphatic rings. The van der Waals surface area contributed by atoms with E-state index in [1.165, 1.54) is 16.7 Å². The largest absolute Gasteiger partial charge is 0.496 e. The molecule has 0 saturated heterocycles. The van der Waals surface area contributed by atoms with Gasteiger partial charge in [-0.3, -0.25) is 0 Å². The minimum atomic E-state index is 0.514. The molecule has 1 atom stereocenters. The molecule has 1 nitrogen and oxygen atoms in total. The molecule has 0 amide bonds. The Labute approximate surface area is 140 Å². The fourth-order valence-corrected chi connectivity index (χ4v) is 3.11. The highest BCUT2D eigenvalue weighted by atomic mass is 79.9. The van der Waals surface area contributed by atoms with Crippen molar-refractivity contribution in [2.45, 2.75) is 19.8 Å². The van der Waals surface area contributed by atoms with Gasteiger partial charge in [0.25, 0.3) is 0 Å². The number of hydrogen-bond acceptors (Lipinski definition) is 1. The van der Waals surface area contributed by atoms with Crippen molar-refractivity contribution in [3.05, 3.63) is 64.2 Å². The third kappa shape index (κ3) is 4.76. The Balaban J connectivity index is 2.11. The molecule has 0 N–H and O–H groups in total. The number of alkyl halides is 1. The third-order valence-electron chi connectivity index (χ3n) is 3.61. The van der Waals surface area contributed by atoms with Crippen molar-refractivity contribution >= 4 is 27.5 Å². The maximum Gasteiger partial charge on any atom is 0.122 e. The lowest BCUT2D eigenvalue weighted by atomic mass is 9.93. The Morgan fingerprint density at radius 1 is 1.10 bits per heavy atom. The van der Waals surface area contributed by atoms with Crippen molar-refractivity contribution in [1.82, 2.24) is 0 Å². The van der Waals surface area contributed by atoms with Gasteiger partial charge in [0.1, 0.15) is 5.75 Å². The van der Waals surface area contributed by atoms with Crippen molar-refractivity contribution in [1.29, 1.82) is 0 Å². The summed E-state index contributed by atoms with van der Waals surface area (Å²) in [6.45, 7) is 2.11. The highest BCUT2D eigenvalue weighted by molar-refractivity contribution is 9.09. The molecule has 0 fully saturated rings. The number of halogens is 2. The maximum absolute atomic E-state index is 6.11. The maximum atomic E-state index is 6.11. The van der Waals surface area contributed by atoms with E-state index >= 15 is 0 Å². The Bertz CT molecular complexity index is 580. The molecular formula is C18H20BrClO. The number of methoxy groups -OCH3 is 1. The van der Waals surface area contributed by atoms with Crippen LogP contribution in [0.5, 0.6) is 5.75 Å². The number of rotatable bonds is 6. The van der Waals surface area contributed by atoms with Crippen LogP contribution in [0.25, 0.3) is 0 Å². The Hall–Kier alpha value is -0.990. The summed E-state index contributed by atoms with van der Waals surface area (Å²) in [6.07, 6.45) is 1.99. The third-order valence-corrected chi connectivity index (χ3v) is 4.77. The number of benzene rings is 2. The van der Waals surface area contributed by atoms with Gasteiger partial charge in [0.05, 0.1) is 7.11 Å². The second-order valence-electron chi connectivity index (χ2n) is 5.37. The van der Waals surface area contributed by atoms with E-state index in [1.807, 2.05) is 18.2 Å². The summed E-state index contributed by atoms with van der Waals surface area (Å²) >= 11 is 9.75. The highest BCUT2D eigenvalue weighted by Crippen LogP contribution is 2.27. The average Bonchev–Trinajstić information content (AvgIpc) is 2.49. The van der Waals surface area contributed by atoms with Crippen LogP contribution in [0.1, 0.15) is 16.7 Å². The molecule has 3 heteroatoms. The molecule has 21 heavy (non-hydrogen) atoms. The van der Waals surface area contributed by atoms with Crippen LogP contribution in [0.2, 0.25) is 5.02 Å². The van der Waals surface area contributed by atoms with Gasteiger partial charge < -0.3 is 4.74 Å². The summed E-state index contributed by atoms with van der Waals surface area (Å²) in [5.41, 5.74) is 3.83. The van der Waals surface area contributed by atoms with Crippen molar-refractivity contribution < 1.29 is 4.74 Å². The van der Waals surface area contributed by atoms with Crippen LogP contribution in [0.3, 0.4) is 0 Å². The van der Waals surface area contributed by atoms with E-state index < -0.39 is 0 Å². The molecule has 112 valence electrons. The monoisotopic (exact) mass is 366 g/mol. The van der Waals surface area contributed by atoms with Crippen LogP contribution >= 0.6 is 27.5 Å². The van der Waals surface area contributed by atoms with Gasteiger partial charge in [0.2, 0.25) is 0 Å². The van der Waals surface area contributed by atoms with Crippen LogP contribution in [0.4, 0.5) is 0 Å². The molecule has 0 heterocycles. The molecule has 2 aromatic rings. The first-order chi connectivity index (χ1) is 10.1. The molecule has 1 unspecified atom stereocenters. The van der Waals surface area contributed by atoms with Crippen LogP contribution in [0, 0.1) is 12.8 Å². The van der Waals surface area contributed by atoms with Gasteiger partial charge in [-0.2, -0.15) is 0 Å². The molecule has 0 bridgehead atoms. The van der Waals surface area contributed by atoms with Gasteiger partial charge in [0, 0.05) is 10.4 Å². The van der Waals surface area contributed by atoms with Crippen LogP contribution in [-0.4, -0.2) is 12.4 Å². The first-order valence-corrected chi connectivity index (χ1v) is 8.56. The molecular weight excluding hydrogens is 348 g/mol. The van der Waals surface area contributed by atoms with Gasteiger partial charge in [-0.15, -0.1) is 0 Å². The van der Waals surface area contributed by atoms with Gasteiger partial charge in [-0.1, -0.05) is 57.4 Å². The predicted octanol–water partition coefficient (Wildman–Crippen LogP) is 5.45. The molecule has 0 radical (unpaired) electrons. The lowest BCUT2D eigenvalue weighted by Crippen LogP contribution is -2.10. The Morgan fingerprint density at radius 2 is 1.81 bits per heavy atom. The van der Waals surface area contributed by atoms with Crippen LogP contribution < -0.4 is 4.74 Å². The summed E-state index contributed by atoms with van der Waals surface area (Å²) < 4.78 is 5.44. The Kier molecular flexibility index (Phi) is 6.13. The van der Waals surface area contributed by atoms with Gasteiger partial charge in [-0.05, 0) is 55.0 Å². The van der Waals surface area contributed by atoms with Gasteiger partial charge in [-0.25, -0.2) is 0 Å². The van der Waals surface area contributed by atoms with Gasteiger partial charge in [0.15, 0.2) is 0 Å². The summed E-state index contributed by atoms with van der Waals surface area (Å²) in [5.74, 6) is 1.43. The molecule has 2 aromatic carbocycles. The van der Waals surface area contributed by atoms with Crippen LogP contribution in [0.15, 0.2) is 42.5 Å². The molecule has 0 spiro atoms. The van der Waals surface area contributed by atoms with E-state index in [0.29, 0.717) is 5.92 Å².